The second kappa shape index (κ2) is 12.7. The molecule has 40 heavy (non-hydrogen) atoms. The number of nitrogens with zero attached hydrogens (tertiary/aromatic N) is 3. The van der Waals surface area contributed by atoms with E-state index >= 15 is 0 Å². The van der Waals surface area contributed by atoms with Crippen molar-refractivity contribution >= 4 is 33.4 Å². The zero-order valence-electron chi connectivity index (χ0n) is 22.9. The Kier molecular flexibility index (Phi) is 8.88. The number of thiophene rings is 1. The standard InChI is InChI=1S/C29H36N4O6S/c1-2-21-8-5-7-13-31(21)26(35)18-33-22-12-15-40-27(22)28(36)32(29(33)37)14-6-3-4-9-25(34)30-17-20-10-11-23-24(16-20)39-19-38-23/h10-12,15-16,21H,2-9,13-14,17-19H2,1H3,(H,30,34)/t21-/m0/s1. The predicted molar refractivity (Wildman–Crippen MR) is 153 cm³/mol. The number of carbonyl (C=O) groups excluding carboxylic acids is 2. The summed E-state index contributed by atoms with van der Waals surface area (Å²) in [4.78, 5) is 54.0. The van der Waals surface area contributed by atoms with Gasteiger partial charge < -0.3 is 19.7 Å². The van der Waals surface area contributed by atoms with Gasteiger partial charge in [0.15, 0.2) is 11.5 Å². The van der Waals surface area contributed by atoms with Crippen molar-refractivity contribution in [2.75, 3.05) is 13.3 Å². The number of rotatable bonds is 11. The Morgan fingerprint density at radius 2 is 1.90 bits per heavy atom. The lowest BCUT2D eigenvalue weighted by atomic mass is 10.00. The number of unbranched alkanes of at least 4 members (excludes halogenated alkanes) is 2. The molecular weight excluding hydrogens is 532 g/mol. The van der Waals surface area contributed by atoms with Crippen LogP contribution >= 0.6 is 11.3 Å². The number of ether oxygens (including phenoxy) is 2. The summed E-state index contributed by atoms with van der Waals surface area (Å²) in [5.41, 5.74) is 0.690. The number of carbonyl (C=O) groups is 2. The molecule has 1 saturated heterocycles. The average molecular weight is 569 g/mol. The van der Waals surface area contributed by atoms with E-state index in [2.05, 4.69) is 12.2 Å². The number of hydrogen-bond acceptors (Lipinski definition) is 7. The molecule has 11 heteroatoms. The summed E-state index contributed by atoms with van der Waals surface area (Å²) in [5.74, 6) is 1.26. The summed E-state index contributed by atoms with van der Waals surface area (Å²) < 4.78 is 13.9. The molecule has 2 amide bonds. The summed E-state index contributed by atoms with van der Waals surface area (Å²) in [7, 11) is 0. The molecule has 2 aromatic heterocycles. The maximum absolute atomic E-state index is 13.4. The number of fused-ring (bicyclic) bond motifs is 2. The van der Waals surface area contributed by atoms with Gasteiger partial charge in [0, 0.05) is 32.1 Å². The second-order valence-corrected chi connectivity index (χ2v) is 11.3. The van der Waals surface area contributed by atoms with Gasteiger partial charge in [0.05, 0.1) is 5.52 Å². The van der Waals surface area contributed by atoms with Crippen LogP contribution in [0.3, 0.4) is 0 Å². The van der Waals surface area contributed by atoms with Gasteiger partial charge in [0.25, 0.3) is 5.56 Å². The Bertz CT molecular complexity index is 1490. The lowest BCUT2D eigenvalue weighted by Crippen LogP contribution is -2.47. The summed E-state index contributed by atoms with van der Waals surface area (Å²) >= 11 is 1.29. The second-order valence-electron chi connectivity index (χ2n) is 10.4. The van der Waals surface area contributed by atoms with E-state index in [1.165, 1.54) is 20.5 Å². The minimum atomic E-state index is -0.448. The molecule has 1 aromatic carbocycles. The molecule has 1 fully saturated rings. The van der Waals surface area contributed by atoms with Gasteiger partial charge in [0.2, 0.25) is 18.6 Å². The van der Waals surface area contributed by atoms with E-state index < -0.39 is 5.69 Å². The van der Waals surface area contributed by atoms with Crippen molar-refractivity contribution in [3.8, 4) is 11.5 Å². The van der Waals surface area contributed by atoms with Crippen molar-refractivity contribution < 1.29 is 19.1 Å². The molecular formula is C29H36N4O6S. The minimum Gasteiger partial charge on any atom is -0.454 e. The molecule has 3 aromatic rings. The Morgan fingerprint density at radius 3 is 2.75 bits per heavy atom. The molecule has 0 radical (unpaired) electrons. The van der Waals surface area contributed by atoms with Crippen molar-refractivity contribution in [1.29, 1.82) is 0 Å². The highest BCUT2D eigenvalue weighted by Gasteiger charge is 2.26. The van der Waals surface area contributed by atoms with E-state index in [-0.39, 0.29) is 43.3 Å². The third kappa shape index (κ3) is 6.09. The smallest absolute Gasteiger partial charge is 0.332 e. The number of hydrogen-bond donors (Lipinski definition) is 1. The molecule has 2 aliphatic rings. The molecule has 1 atom stereocenters. The molecule has 1 N–H and O–H groups in total. The molecule has 5 rings (SSSR count). The number of amides is 2. The van der Waals surface area contributed by atoms with Gasteiger partial charge in [-0.3, -0.25) is 23.5 Å². The van der Waals surface area contributed by atoms with E-state index in [1.807, 2.05) is 23.1 Å². The quantitative estimate of drug-likeness (QED) is 0.354. The maximum atomic E-state index is 13.4. The van der Waals surface area contributed by atoms with Crippen LogP contribution in [-0.4, -0.2) is 45.2 Å². The zero-order valence-corrected chi connectivity index (χ0v) is 23.7. The number of likely N-dealkylation sites (tertiary alicyclic amines) is 1. The third-order valence-corrected chi connectivity index (χ3v) is 8.65. The highest BCUT2D eigenvalue weighted by Crippen LogP contribution is 2.32. The fourth-order valence-electron chi connectivity index (χ4n) is 5.53. The first kappa shape index (κ1) is 27.9. The van der Waals surface area contributed by atoms with Crippen LogP contribution in [0.2, 0.25) is 0 Å². The Morgan fingerprint density at radius 1 is 1.05 bits per heavy atom. The highest BCUT2D eigenvalue weighted by atomic mass is 32.1. The van der Waals surface area contributed by atoms with Crippen LogP contribution in [0.4, 0.5) is 0 Å². The fraction of sp³-hybridized carbons (Fsp3) is 0.517. The Balaban J connectivity index is 1.15. The average Bonchev–Trinajstić information content (AvgIpc) is 3.65. The lowest BCUT2D eigenvalue weighted by Gasteiger charge is -2.35. The normalized spacial score (nSPS) is 16.4. The molecule has 4 heterocycles. The van der Waals surface area contributed by atoms with Gasteiger partial charge in [-0.1, -0.05) is 19.4 Å². The van der Waals surface area contributed by atoms with Crippen molar-refractivity contribution in [2.45, 2.75) is 84.0 Å². The van der Waals surface area contributed by atoms with Gasteiger partial charge in [-0.05, 0) is 67.7 Å². The van der Waals surface area contributed by atoms with Crippen LogP contribution in [0.1, 0.15) is 63.9 Å². The van der Waals surface area contributed by atoms with Gasteiger partial charge in [-0.25, -0.2) is 4.79 Å². The molecule has 0 unspecified atom stereocenters. The van der Waals surface area contributed by atoms with E-state index in [4.69, 9.17) is 9.47 Å². The Labute approximate surface area is 236 Å². The number of benzene rings is 1. The van der Waals surface area contributed by atoms with Crippen molar-refractivity contribution in [1.82, 2.24) is 19.4 Å². The fourth-order valence-corrected chi connectivity index (χ4v) is 6.38. The highest BCUT2D eigenvalue weighted by molar-refractivity contribution is 7.17. The number of aromatic nitrogens is 2. The minimum absolute atomic E-state index is 0.0567. The molecule has 0 aliphatic carbocycles. The molecule has 0 saturated carbocycles. The summed E-state index contributed by atoms with van der Waals surface area (Å²) in [5, 5.41) is 4.70. The van der Waals surface area contributed by atoms with Gasteiger partial charge >= 0.3 is 5.69 Å². The van der Waals surface area contributed by atoms with Crippen LogP contribution in [0.25, 0.3) is 10.2 Å². The first-order valence-electron chi connectivity index (χ1n) is 14.1. The van der Waals surface area contributed by atoms with Crippen LogP contribution in [0.5, 0.6) is 11.5 Å². The van der Waals surface area contributed by atoms with E-state index in [0.717, 1.165) is 31.2 Å². The van der Waals surface area contributed by atoms with E-state index in [1.54, 1.807) is 11.4 Å². The molecule has 214 valence electrons. The topological polar surface area (TPSA) is 112 Å². The van der Waals surface area contributed by atoms with E-state index in [9.17, 15) is 19.2 Å². The van der Waals surface area contributed by atoms with E-state index in [0.29, 0.717) is 60.5 Å². The maximum Gasteiger partial charge on any atom is 0.332 e. The molecule has 10 nitrogen and oxygen atoms in total. The van der Waals surface area contributed by atoms with Crippen molar-refractivity contribution in [3.05, 3.63) is 56.0 Å². The molecule has 0 spiro atoms. The summed E-state index contributed by atoms with van der Waals surface area (Å²) in [6, 6.07) is 7.54. The molecule has 0 bridgehead atoms. The zero-order chi connectivity index (χ0) is 28.1. The Hall–Kier alpha value is -3.60. The van der Waals surface area contributed by atoms with Crippen LogP contribution in [-0.2, 0) is 29.2 Å². The van der Waals surface area contributed by atoms with Crippen LogP contribution < -0.4 is 26.0 Å². The van der Waals surface area contributed by atoms with Gasteiger partial charge in [-0.15, -0.1) is 11.3 Å². The predicted octanol–water partition coefficient (Wildman–Crippen LogP) is 3.62. The largest absolute Gasteiger partial charge is 0.454 e. The monoisotopic (exact) mass is 568 g/mol. The summed E-state index contributed by atoms with van der Waals surface area (Å²) in [6.07, 6.45) is 6.24. The first-order valence-corrected chi connectivity index (χ1v) is 15.0. The van der Waals surface area contributed by atoms with Crippen molar-refractivity contribution in [2.24, 2.45) is 0 Å². The van der Waals surface area contributed by atoms with Gasteiger partial charge in [0.1, 0.15) is 11.2 Å². The number of piperidine rings is 1. The first-order chi connectivity index (χ1) is 19.5. The lowest BCUT2D eigenvalue weighted by molar-refractivity contribution is -0.135. The summed E-state index contributed by atoms with van der Waals surface area (Å²) in [6.45, 7) is 3.60. The number of nitrogens with one attached hydrogen (secondary N) is 1. The third-order valence-electron chi connectivity index (χ3n) is 7.76. The SMILES string of the molecule is CC[C@H]1CCCCN1C(=O)Cn1c(=O)n(CCCCCC(=O)NCc2ccc3c(c2)OCO3)c(=O)c2sccc21. The molecule has 2 aliphatic heterocycles. The van der Waals surface area contributed by atoms with Crippen molar-refractivity contribution in [3.63, 3.8) is 0 Å². The van der Waals surface area contributed by atoms with Crippen LogP contribution in [0, 0.1) is 0 Å². The van der Waals surface area contributed by atoms with Gasteiger partial charge in [-0.2, -0.15) is 0 Å². The van der Waals surface area contributed by atoms with Crippen LogP contribution in [0.15, 0.2) is 39.2 Å².